The van der Waals surface area contributed by atoms with Crippen molar-refractivity contribution in [3.63, 3.8) is 0 Å². The Bertz CT molecular complexity index is 2080. The summed E-state index contributed by atoms with van der Waals surface area (Å²) in [6, 6.07) is 0. The first kappa shape index (κ1) is 108. The van der Waals surface area contributed by atoms with Crippen LogP contribution in [0.15, 0.2) is 12.2 Å². The van der Waals surface area contributed by atoms with Crippen molar-refractivity contribution in [2.24, 2.45) is 28.1 Å². The van der Waals surface area contributed by atoms with E-state index in [9.17, 15) is 91.6 Å². The van der Waals surface area contributed by atoms with E-state index >= 15 is 0 Å². The number of carbonyl (C=O) groups is 1. The fraction of sp³-hybridized carbons (Fsp3) is 0.955. The molecular formula is C66H144O28. The molecule has 0 aromatic rings. The van der Waals surface area contributed by atoms with Crippen molar-refractivity contribution in [2.75, 3.05) is 33.0 Å². The molecular weight excluding hydrogens is 1240 g/mol. The van der Waals surface area contributed by atoms with Gasteiger partial charge in [0.15, 0.2) is 31.3 Å². The van der Waals surface area contributed by atoms with Crippen LogP contribution < -0.4 is 0 Å². The van der Waals surface area contributed by atoms with Gasteiger partial charge in [-0.3, -0.25) is 4.79 Å². The average Bonchev–Trinajstić information content (AvgIpc) is 1.41. The van der Waals surface area contributed by atoms with Crippen molar-refractivity contribution < 1.29 is 139 Å². The molecule has 28 heteroatoms. The summed E-state index contributed by atoms with van der Waals surface area (Å²) in [6.45, 7) is 4.63. The van der Waals surface area contributed by atoms with Crippen LogP contribution in [-0.4, -0.2) is 285 Å². The number of aliphatic hydroxyl groups is 17. The first-order valence-corrected chi connectivity index (χ1v) is 26.9. The molecule has 0 amide bonds. The largest absolute Gasteiger partial charge is 0.432 e. The van der Waals surface area contributed by atoms with Gasteiger partial charge >= 0.3 is 5.97 Å². The van der Waals surface area contributed by atoms with E-state index in [2.05, 4.69) is 13.5 Å². The SMILES string of the molecule is C.C.C.C.C.C.C.C.C.C.C.C.C.C.C.C.C=C1C[C@@]23CCC4[C@](C)(C(=O)OC5OC(CO)C(O)C(O)C5OC5OC(CO)C(O)C(O)C5O)CCC[C@@]4(C)[C@@H]2CCC1(OC1OC(COC2OC(CO)C(O)C(O)C2O)C(O)C(O)C1OC1OC(CO)C(O)C(O)C1O)C3. The van der Waals surface area contributed by atoms with E-state index in [0.717, 1.165) is 0 Å². The quantitative estimate of drug-likeness (QED) is 0.0636. The summed E-state index contributed by atoms with van der Waals surface area (Å²) in [4.78, 5) is 14.9. The second-order valence-corrected chi connectivity index (χ2v) is 23.7. The fourth-order valence-corrected chi connectivity index (χ4v) is 14.9. The Labute approximate surface area is 566 Å². The summed E-state index contributed by atoms with van der Waals surface area (Å²) in [6.07, 6.45) is -38.9. The number of fused-ring (bicyclic) bond motifs is 3. The Balaban J connectivity index is -0.000000770. The predicted octanol–water partition coefficient (Wildman–Crippen LogP) is 2.89. The highest BCUT2D eigenvalue weighted by Gasteiger charge is 2.70. The lowest BCUT2D eigenvalue weighted by atomic mass is 9.41. The van der Waals surface area contributed by atoms with Crippen molar-refractivity contribution in [3.8, 4) is 0 Å². The highest BCUT2D eigenvalue weighted by atomic mass is 16.8. The molecule has 1 spiro atoms. The minimum atomic E-state index is -1.94. The maximum Gasteiger partial charge on any atom is 0.314 e. The Morgan fingerprint density at radius 1 is 0.436 bits per heavy atom. The normalized spacial score (nSPS) is 45.2. The van der Waals surface area contributed by atoms with Crippen molar-refractivity contribution >= 4 is 5.97 Å². The third-order valence-corrected chi connectivity index (χ3v) is 19.2. The second-order valence-electron chi connectivity index (χ2n) is 23.7. The topological polar surface area (TPSA) is 453 Å². The summed E-state index contributed by atoms with van der Waals surface area (Å²) in [7, 11) is 0. The molecule has 0 radical (unpaired) electrons. The number of esters is 1. The van der Waals surface area contributed by atoms with E-state index in [1.54, 1.807) is 6.92 Å². The minimum Gasteiger partial charge on any atom is -0.432 e. The van der Waals surface area contributed by atoms with Crippen LogP contribution >= 0.6 is 0 Å². The maximum atomic E-state index is 14.9. The van der Waals surface area contributed by atoms with Gasteiger partial charge < -0.3 is 134 Å². The molecule has 9 fully saturated rings. The van der Waals surface area contributed by atoms with Gasteiger partial charge in [0, 0.05) is 0 Å². The van der Waals surface area contributed by atoms with Gasteiger partial charge in [-0.05, 0) is 86.5 Å². The van der Waals surface area contributed by atoms with Crippen LogP contribution in [0.2, 0.25) is 0 Å². The Hall–Kier alpha value is -1.83. The molecule has 5 heterocycles. The van der Waals surface area contributed by atoms with E-state index in [-0.39, 0.29) is 131 Å². The van der Waals surface area contributed by atoms with E-state index in [1.807, 2.05) is 0 Å². The summed E-state index contributed by atoms with van der Waals surface area (Å²) in [5.41, 5.74) is -2.75. The lowest BCUT2D eigenvalue weighted by Gasteiger charge is -2.64. The zero-order valence-corrected chi connectivity index (χ0v) is 43.3. The van der Waals surface area contributed by atoms with Gasteiger partial charge in [0.05, 0.1) is 44.1 Å². The molecule has 5 saturated heterocycles. The first-order valence-electron chi connectivity index (χ1n) is 26.9. The van der Waals surface area contributed by atoms with Crippen molar-refractivity contribution in [2.45, 2.75) is 350 Å². The zero-order valence-electron chi connectivity index (χ0n) is 43.3. The van der Waals surface area contributed by atoms with Gasteiger partial charge in [0.1, 0.15) is 116 Å². The average molecular weight is 1390 g/mol. The summed E-state index contributed by atoms with van der Waals surface area (Å²) in [5.74, 6) is -1.12. The highest BCUT2D eigenvalue weighted by molar-refractivity contribution is 5.77. The van der Waals surface area contributed by atoms with Gasteiger partial charge in [-0.15, -0.1) is 0 Å². The monoisotopic (exact) mass is 1380 g/mol. The number of rotatable bonds is 15. The summed E-state index contributed by atoms with van der Waals surface area (Å²) in [5, 5.41) is 180. The van der Waals surface area contributed by atoms with Crippen LogP contribution in [0.4, 0.5) is 0 Å². The Morgan fingerprint density at radius 3 is 1.23 bits per heavy atom. The molecule has 0 aromatic heterocycles. The van der Waals surface area contributed by atoms with Gasteiger partial charge in [0.2, 0.25) is 6.29 Å². The number of ether oxygens (including phenoxy) is 10. The summed E-state index contributed by atoms with van der Waals surface area (Å²) < 4.78 is 59.5. The first-order chi connectivity index (χ1) is 36.8. The highest BCUT2D eigenvalue weighted by Crippen LogP contribution is 2.74. The van der Waals surface area contributed by atoms with E-state index in [1.165, 1.54) is 0 Å². The molecule has 9 aliphatic rings. The van der Waals surface area contributed by atoms with Crippen LogP contribution in [0, 0.1) is 28.1 Å². The van der Waals surface area contributed by atoms with Crippen LogP contribution in [0.1, 0.15) is 190 Å². The molecule has 5 aliphatic heterocycles. The molecule has 4 saturated carbocycles. The number of hydrogen-bond donors (Lipinski definition) is 17. The number of aliphatic hydroxyl groups excluding tert-OH is 17. The Morgan fingerprint density at radius 2 is 0.798 bits per heavy atom. The van der Waals surface area contributed by atoms with Gasteiger partial charge in [-0.2, -0.15) is 0 Å². The molecule has 576 valence electrons. The standard InChI is InChI=1S/C50H80O28.16CH4/c1-18-11-49-9-5-24-47(2,7-4-8-48(24,3)46(68)77-44-39(34(63)29(58)22(15-54)73-44)75-42-37(66)32(61)27(56)20(13-52)71-42)25(49)6-10-50(18,17-49)78-45-40(76-43-38(67)33(62)28(57)21(14-53)72-43)35(64)30(59)23(74-45)16-69-41-36(65)31(60)26(55)19(12-51)70-41;;;;;;;;;;;;;;;;/h19-45,51-67H,1,4-17H2,2-3H3;16*1H4/t19?,20?,21?,22?,23?,24?,25-,26?,27?,28?,29?,30?,31?,32?,33?,34?,35?,36?,37?,38?,39?,40?,41?,42?,43?,44?,45?,47+,48+,49+,50?;;;;;;;;;;;;;;;;/m0................/s1. The van der Waals surface area contributed by atoms with E-state index in [4.69, 9.17) is 47.4 Å². The zero-order chi connectivity index (χ0) is 56.7. The molecule has 28 nitrogen and oxygen atoms in total. The van der Waals surface area contributed by atoms with Gasteiger partial charge in [-0.1, -0.05) is 139 Å². The molecule has 0 aromatic carbocycles. The molecule has 17 N–H and O–H groups in total. The lowest BCUT2D eigenvalue weighted by Crippen LogP contribution is -2.66. The van der Waals surface area contributed by atoms with Crippen LogP contribution in [0.25, 0.3) is 0 Å². The van der Waals surface area contributed by atoms with Gasteiger partial charge in [-0.25, -0.2) is 0 Å². The van der Waals surface area contributed by atoms with Crippen molar-refractivity contribution in [1.29, 1.82) is 0 Å². The van der Waals surface area contributed by atoms with Crippen LogP contribution in [-0.2, 0) is 52.2 Å². The summed E-state index contributed by atoms with van der Waals surface area (Å²) >= 11 is 0. The molecule has 9 rings (SSSR count). The number of carbonyl (C=O) groups excluding carboxylic acids is 1. The van der Waals surface area contributed by atoms with Gasteiger partial charge in [0.25, 0.3) is 0 Å². The molecule has 31 atom stereocenters. The predicted molar refractivity (Wildman–Crippen MR) is 359 cm³/mol. The lowest BCUT2D eigenvalue weighted by molar-refractivity contribution is -0.382. The Kier molecular flexibility index (Phi) is 48.1. The van der Waals surface area contributed by atoms with E-state index in [0.29, 0.717) is 63.4 Å². The smallest absolute Gasteiger partial charge is 0.314 e. The maximum absolute atomic E-state index is 14.9. The van der Waals surface area contributed by atoms with Crippen molar-refractivity contribution in [3.05, 3.63) is 12.2 Å². The third kappa shape index (κ3) is 18.8. The van der Waals surface area contributed by atoms with Crippen molar-refractivity contribution in [1.82, 2.24) is 0 Å². The molecule has 27 unspecified atom stereocenters. The fourth-order valence-electron chi connectivity index (χ4n) is 14.9. The van der Waals surface area contributed by atoms with Crippen LogP contribution in [0.3, 0.4) is 0 Å². The second kappa shape index (κ2) is 41.8. The third-order valence-electron chi connectivity index (χ3n) is 19.2. The van der Waals surface area contributed by atoms with E-state index < -0.39 is 214 Å². The minimum absolute atomic E-state index is 0. The van der Waals surface area contributed by atoms with Crippen LogP contribution in [0.5, 0.6) is 0 Å². The molecule has 94 heavy (non-hydrogen) atoms. The molecule has 2 bridgehead atoms. The molecule has 4 aliphatic carbocycles. The number of hydrogen-bond acceptors (Lipinski definition) is 28.